The fraction of sp³-hybridized carbons (Fsp3) is 0.909. The first-order valence-corrected chi connectivity index (χ1v) is 5.33. The van der Waals surface area contributed by atoms with E-state index >= 15 is 0 Å². The highest BCUT2D eigenvalue weighted by molar-refractivity contribution is 5.80. The Balaban J connectivity index is 3.71. The van der Waals surface area contributed by atoms with Crippen molar-refractivity contribution in [2.45, 2.75) is 52.5 Å². The maximum absolute atomic E-state index is 11.3. The van der Waals surface area contributed by atoms with E-state index in [2.05, 4.69) is 18.7 Å². The molecule has 0 saturated heterocycles. The molecule has 0 aliphatic heterocycles. The van der Waals surface area contributed by atoms with Gasteiger partial charge in [0.15, 0.2) is 0 Å². The van der Waals surface area contributed by atoms with E-state index < -0.39 is 0 Å². The van der Waals surface area contributed by atoms with Crippen molar-refractivity contribution in [3.8, 4) is 0 Å². The van der Waals surface area contributed by atoms with Crippen LogP contribution >= 0.6 is 0 Å². The summed E-state index contributed by atoms with van der Waals surface area (Å²) in [5, 5.41) is 0. The zero-order chi connectivity index (χ0) is 10.3. The molecular weight excluding hydrogens is 162 g/mol. The molecule has 0 spiro atoms. The zero-order valence-electron chi connectivity index (χ0n) is 9.47. The first kappa shape index (κ1) is 12.6. The molecule has 1 atom stereocenters. The van der Waals surface area contributed by atoms with Crippen LogP contribution in [0.2, 0.25) is 0 Å². The van der Waals surface area contributed by atoms with Gasteiger partial charge < -0.3 is 0 Å². The van der Waals surface area contributed by atoms with Crippen LogP contribution in [-0.2, 0) is 4.79 Å². The van der Waals surface area contributed by atoms with Gasteiger partial charge >= 0.3 is 0 Å². The second kappa shape index (κ2) is 7.07. The van der Waals surface area contributed by atoms with Gasteiger partial charge in [0.2, 0.25) is 0 Å². The molecule has 0 aliphatic rings. The summed E-state index contributed by atoms with van der Waals surface area (Å²) >= 11 is 0. The van der Waals surface area contributed by atoms with E-state index in [1.165, 1.54) is 12.8 Å². The number of likely N-dealkylation sites (N-methyl/N-ethyl adjacent to an activating group) is 1. The standard InChI is InChI=1S/C11H23NO/c1-5-7-10(3)12(4)9-11(13)8-6-2/h10H,5-9H2,1-4H3. The van der Waals surface area contributed by atoms with Gasteiger partial charge in [0.25, 0.3) is 0 Å². The van der Waals surface area contributed by atoms with E-state index in [1.54, 1.807) is 0 Å². The van der Waals surface area contributed by atoms with Crippen molar-refractivity contribution < 1.29 is 4.79 Å². The summed E-state index contributed by atoms with van der Waals surface area (Å²) in [4.78, 5) is 13.5. The SMILES string of the molecule is CCCC(=O)CN(C)C(C)CCC. The zero-order valence-corrected chi connectivity index (χ0v) is 9.47. The lowest BCUT2D eigenvalue weighted by molar-refractivity contribution is -0.120. The lowest BCUT2D eigenvalue weighted by Gasteiger charge is -2.23. The van der Waals surface area contributed by atoms with Gasteiger partial charge in [0.05, 0.1) is 6.54 Å². The Kier molecular flexibility index (Phi) is 6.87. The van der Waals surface area contributed by atoms with Crippen molar-refractivity contribution in [2.75, 3.05) is 13.6 Å². The number of carbonyl (C=O) groups is 1. The number of Topliss-reactive ketones (excluding diaryl/α,β-unsaturated/α-hetero) is 1. The van der Waals surface area contributed by atoms with Gasteiger partial charge in [0.1, 0.15) is 5.78 Å². The molecule has 0 radical (unpaired) electrons. The van der Waals surface area contributed by atoms with E-state index in [9.17, 15) is 4.79 Å². The Morgan fingerprint density at radius 1 is 1.31 bits per heavy atom. The molecule has 0 bridgehead atoms. The first-order chi connectivity index (χ1) is 6.11. The summed E-state index contributed by atoms with van der Waals surface area (Å²) in [6.07, 6.45) is 4.06. The fourth-order valence-electron chi connectivity index (χ4n) is 1.43. The molecule has 0 aromatic carbocycles. The molecule has 1 unspecified atom stereocenters. The van der Waals surface area contributed by atoms with Crippen LogP contribution in [-0.4, -0.2) is 30.3 Å². The van der Waals surface area contributed by atoms with Gasteiger partial charge in [-0.2, -0.15) is 0 Å². The van der Waals surface area contributed by atoms with Crippen molar-refractivity contribution in [3.05, 3.63) is 0 Å². The summed E-state index contributed by atoms with van der Waals surface area (Å²) in [7, 11) is 2.04. The molecule has 2 nitrogen and oxygen atoms in total. The summed E-state index contributed by atoms with van der Waals surface area (Å²) in [5.74, 6) is 0.368. The molecule has 0 aromatic rings. The lowest BCUT2D eigenvalue weighted by atomic mass is 10.1. The summed E-state index contributed by atoms with van der Waals surface area (Å²) in [6, 6.07) is 0.533. The van der Waals surface area contributed by atoms with Crippen LogP contribution in [0.5, 0.6) is 0 Å². The van der Waals surface area contributed by atoms with E-state index in [4.69, 9.17) is 0 Å². The minimum atomic E-state index is 0.368. The summed E-state index contributed by atoms with van der Waals surface area (Å²) in [5.41, 5.74) is 0. The van der Waals surface area contributed by atoms with E-state index in [0.29, 0.717) is 18.4 Å². The van der Waals surface area contributed by atoms with Gasteiger partial charge in [-0.15, -0.1) is 0 Å². The molecule has 0 fully saturated rings. The first-order valence-electron chi connectivity index (χ1n) is 5.33. The summed E-state index contributed by atoms with van der Waals surface area (Å²) in [6.45, 7) is 7.03. The predicted molar refractivity (Wildman–Crippen MR) is 56.9 cm³/mol. The maximum Gasteiger partial charge on any atom is 0.146 e. The van der Waals surface area contributed by atoms with Gasteiger partial charge in [-0.25, -0.2) is 0 Å². The van der Waals surface area contributed by atoms with Gasteiger partial charge in [-0.3, -0.25) is 9.69 Å². The molecule has 0 heterocycles. The Labute approximate surface area is 82.3 Å². The smallest absolute Gasteiger partial charge is 0.146 e. The van der Waals surface area contributed by atoms with E-state index in [1.807, 2.05) is 14.0 Å². The normalized spacial score (nSPS) is 13.3. The maximum atomic E-state index is 11.3. The van der Waals surface area contributed by atoms with E-state index in [-0.39, 0.29) is 0 Å². The minimum absolute atomic E-state index is 0.368. The van der Waals surface area contributed by atoms with Gasteiger partial charge in [0, 0.05) is 12.5 Å². The van der Waals surface area contributed by atoms with Crippen molar-refractivity contribution in [1.29, 1.82) is 0 Å². The minimum Gasteiger partial charge on any atom is -0.298 e. The number of rotatable bonds is 7. The van der Waals surface area contributed by atoms with Crippen molar-refractivity contribution in [2.24, 2.45) is 0 Å². The van der Waals surface area contributed by atoms with E-state index in [0.717, 1.165) is 12.8 Å². The lowest BCUT2D eigenvalue weighted by Crippen LogP contribution is -2.33. The van der Waals surface area contributed by atoms with Crippen molar-refractivity contribution >= 4 is 5.78 Å². The van der Waals surface area contributed by atoms with Crippen LogP contribution in [0, 0.1) is 0 Å². The average Bonchev–Trinajstić information content (AvgIpc) is 2.05. The average molecular weight is 185 g/mol. The van der Waals surface area contributed by atoms with Crippen LogP contribution in [0.1, 0.15) is 46.5 Å². The van der Waals surface area contributed by atoms with Gasteiger partial charge in [-0.05, 0) is 26.8 Å². The van der Waals surface area contributed by atoms with Crippen molar-refractivity contribution in [3.63, 3.8) is 0 Å². The third-order valence-electron chi connectivity index (χ3n) is 2.41. The Morgan fingerprint density at radius 3 is 2.38 bits per heavy atom. The summed E-state index contributed by atoms with van der Waals surface area (Å²) < 4.78 is 0. The molecule has 78 valence electrons. The highest BCUT2D eigenvalue weighted by Crippen LogP contribution is 2.04. The molecule has 0 aliphatic carbocycles. The predicted octanol–water partition coefficient (Wildman–Crippen LogP) is 2.48. The van der Waals surface area contributed by atoms with Crippen LogP contribution in [0.4, 0.5) is 0 Å². The van der Waals surface area contributed by atoms with Gasteiger partial charge in [-0.1, -0.05) is 20.3 Å². The van der Waals surface area contributed by atoms with Crippen LogP contribution in [0.25, 0.3) is 0 Å². The Bertz CT molecular complexity index is 145. The van der Waals surface area contributed by atoms with Crippen LogP contribution in [0.3, 0.4) is 0 Å². The Morgan fingerprint density at radius 2 is 1.92 bits per heavy atom. The molecule has 0 aromatic heterocycles. The van der Waals surface area contributed by atoms with Crippen LogP contribution < -0.4 is 0 Å². The number of nitrogens with zero attached hydrogens (tertiary/aromatic N) is 1. The molecular formula is C11H23NO. The molecule has 0 amide bonds. The fourth-order valence-corrected chi connectivity index (χ4v) is 1.43. The second-order valence-electron chi connectivity index (χ2n) is 3.84. The van der Waals surface area contributed by atoms with Crippen LogP contribution in [0.15, 0.2) is 0 Å². The van der Waals surface area contributed by atoms with Crippen molar-refractivity contribution in [1.82, 2.24) is 4.90 Å². The monoisotopic (exact) mass is 185 g/mol. The molecule has 2 heteroatoms. The highest BCUT2D eigenvalue weighted by Gasteiger charge is 2.11. The molecule has 0 rings (SSSR count). The Hall–Kier alpha value is -0.370. The third-order valence-corrected chi connectivity index (χ3v) is 2.41. The highest BCUT2D eigenvalue weighted by atomic mass is 16.1. The third kappa shape index (κ3) is 5.81. The number of hydrogen-bond donors (Lipinski definition) is 0. The largest absolute Gasteiger partial charge is 0.298 e. The second-order valence-corrected chi connectivity index (χ2v) is 3.84. The molecule has 0 N–H and O–H groups in total. The number of ketones is 1. The molecule has 0 saturated carbocycles. The number of carbonyl (C=O) groups excluding carboxylic acids is 1. The molecule has 13 heavy (non-hydrogen) atoms. The topological polar surface area (TPSA) is 20.3 Å². The number of hydrogen-bond acceptors (Lipinski definition) is 2. The quantitative estimate of drug-likeness (QED) is 0.607.